The molecule has 2 unspecified atom stereocenters. The Morgan fingerprint density at radius 2 is 1.80 bits per heavy atom. The molecule has 0 heterocycles. The van der Waals surface area contributed by atoms with Crippen molar-refractivity contribution < 1.29 is 14.7 Å². The Morgan fingerprint density at radius 1 is 1.27 bits per heavy atom. The highest BCUT2D eigenvalue weighted by molar-refractivity contribution is 5.84. The van der Waals surface area contributed by atoms with Crippen LogP contribution in [-0.4, -0.2) is 23.0 Å². The van der Waals surface area contributed by atoms with Gasteiger partial charge in [-0.05, 0) is 12.8 Å². The molecule has 15 heavy (non-hydrogen) atoms. The maximum Gasteiger partial charge on any atom is 0.307 e. The van der Waals surface area contributed by atoms with Crippen LogP contribution in [0.25, 0.3) is 0 Å². The van der Waals surface area contributed by atoms with Gasteiger partial charge in [0.25, 0.3) is 0 Å². The van der Waals surface area contributed by atoms with E-state index < -0.39 is 17.8 Å². The number of carboxylic acids is 1. The van der Waals surface area contributed by atoms with Crippen molar-refractivity contribution in [3.63, 3.8) is 0 Å². The topological polar surface area (TPSA) is 66.4 Å². The molecule has 1 aliphatic rings. The number of carboxylic acid groups (broad SMARTS) is 1. The monoisotopic (exact) mass is 211 g/mol. The van der Waals surface area contributed by atoms with Gasteiger partial charge in [-0.3, -0.25) is 9.59 Å². The van der Waals surface area contributed by atoms with Crippen molar-refractivity contribution >= 4 is 11.9 Å². The van der Waals surface area contributed by atoms with E-state index in [0.717, 1.165) is 12.8 Å². The Morgan fingerprint density at radius 3 is 2.27 bits per heavy atom. The van der Waals surface area contributed by atoms with E-state index in [1.54, 1.807) is 13.8 Å². The molecule has 0 aromatic rings. The molecule has 4 nitrogen and oxygen atoms in total. The van der Waals surface area contributed by atoms with Gasteiger partial charge in [0, 0.05) is 12.0 Å². The van der Waals surface area contributed by atoms with Gasteiger partial charge in [-0.2, -0.15) is 0 Å². The molecule has 0 saturated carbocycles. The van der Waals surface area contributed by atoms with Crippen LogP contribution in [0.1, 0.15) is 26.7 Å². The van der Waals surface area contributed by atoms with E-state index in [-0.39, 0.29) is 11.9 Å². The second-order valence-corrected chi connectivity index (χ2v) is 4.06. The first kappa shape index (κ1) is 11.8. The number of carbonyl (C=O) groups excluding carboxylic acids is 1. The standard InChI is InChI=1S/C11H17NO3/c1-7(8(2)11(14)15)10(13)12-9-5-3-4-6-9/h3-4,7-9H,5-6H2,1-2H3,(H,12,13)(H,14,15). The van der Waals surface area contributed by atoms with Crippen LogP contribution in [0.15, 0.2) is 12.2 Å². The number of amides is 1. The van der Waals surface area contributed by atoms with Gasteiger partial charge < -0.3 is 10.4 Å². The average Bonchev–Trinajstić information content (AvgIpc) is 2.67. The highest BCUT2D eigenvalue weighted by Gasteiger charge is 2.27. The Hall–Kier alpha value is -1.32. The van der Waals surface area contributed by atoms with Crippen LogP contribution in [-0.2, 0) is 9.59 Å². The largest absolute Gasteiger partial charge is 0.481 e. The lowest BCUT2D eigenvalue weighted by atomic mass is 9.95. The average molecular weight is 211 g/mol. The molecule has 1 rings (SSSR count). The lowest BCUT2D eigenvalue weighted by Gasteiger charge is -2.19. The molecular weight excluding hydrogens is 194 g/mol. The Balaban J connectivity index is 2.42. The first-order valence-electron chi connectivity index (χ1n) is 5.20. The van der Waals surface area contributed by atoms with Crippen molar-refractivity contribution in [2.75, 3.05) is 0 Å². The number of hydrogen-bond donors (Lipinski definition) is 2. The molecule has 4 heteroatoms. The summed E-state index contributed by atoms with van der Waals surface area (Å²) in [7, 11) is 0. The fraction of sp³-hybridized carbons (Fsp3) is 0.636. The van der Waals surface area contributed by atoms with Crippen LogP contribution >= 0.6 is 0 Å². The van der Waals surface area contributed by atoms with Gasteiger partial charge >= 0.3 is 5.97 Å². The van der Waals surface area contributed by atoms with Crippen molar-refractivity contribution in [1.29, 1.82) is 0 Å². The summed E-state index contributed by atoms with van der Waals surface area (Å²) in [6.45, 7) is 3.20. The normalized spacial score (nSPS) is 19.9. The van der Waals surface area contributed by atoms with Crippen LogP contribution in [0.5, 0.6) is 0 Å². The molecule has 0 spiro atoms. The summed E-state index contributed by atoms with van der Waals surface area (Å²) in [5.41, 5.74) is 0. The van der Waals surface area contributed by atoms with Crippen molar-refractivity contribution in [3.05, 3.63) is 12.2 Å². The first-order chi connectivity index (χ1) is 7.02. The van der Waals surface area contributed by atoms with Gasteiger partial charge in [-0.15, -0.1) is 0 Å². The summed E-state index contributed by atoms with van der Waals surface area (Å²) in [5.74, 6) is -2.22. The summed E-state index contributed by atoms with van der Waals surface area (Å²) >= 11 is 0. The number of hydrogen-bond acceptors (Lipinski definition) is 2. The SMILES string of the molecule is CC(C(=O)O)C(C)C(=O)NC1CC=CC1. The quantitative estimate of drug-likeness (QED) is 0.686. The first-order valence-corrected chi connectivity index (χ1v) is 5.20. The molecule has 0 radical (unpaired) electrons. The highest BCUT2D eigenvalue weighted by Crippen LogP contribution is 2.14. The summed E-state index contributed by atoms with van der Waals surface area (Å²) in [5, 5.41) is 11.6. The predicted octanol–water partition coefficient (Wildman–Crippen LogP) is 1.18. The van der Waals surface area contributed by atoms with E-state index in [1.165, 1.54) is 0 Å². The Bertz CT molecular complexity index is 278. The molecule has 0 saturated heterocycles. The van der Waals surface area contributed by atoms with Crippen LogP contribution in [0.4, 0.5) is 0 Å². The Labute approximate surface area is 89.4 Å². The molecule has 1 aliphatic carbocycles. The second kappa shape index (κ2) is 4.96. The van der Waals surface area contributed by atoms with Gasteiger partial charge in [0.05, 0.1) is 5.92 Å². The zero-order chi connectivity index (χ0) is 11.4. The molecule has 2 atom stereocenters. The van der Waals surface area contributed by atoms with E-state index in [2.05, 4.69) is 5.32 Å². The third-order valence-electron chi connectivity index (χ3n) is 2.91. The van der Waals surface area contributed by atoms with Gasteiger partial charge in [0.15, 0.2) is 0 Å². The van der Waals surface area contributed by atoms with Crippen molar-refractivity contribution in [3.8, 4) is 0 Å². The number of aliphatic carboxylic acids is 1. The van der Waals surface area contributed by atoms with Crippen molar-refractivity contribution in [2.45, 2.75) is 32.7 Å². The third-order valence-corrected chi connectivity index (χ3v) is 2.91. The van der Waals surface area contributed by atoms with Crippen molar-refractivity contribution in [2.24, 2.45) is 11.8 Å². The van der Waals surface area contributed by atoms with Gasteiger partial charge in [-0.1, -0.05) is 26.0 Å². The van der Waals surface area contributed by atoms with Crippen molar-refractivity contribution in [1.82, 2.24) is 5.32 Å². The lowest BCUT2D eigenvalue weighted by molar-refractivity contribution is -0.146. The molecule has 0 aromatic heterocycles. The molecule has 84 valence electrons. The summed E-state index contributed by atoms with van der Waals surface area (Å²) in [6.07, 6.45) is 5.74. The van der Waals surface area contributed by atoms with Gasteiger partial charge in [0.2, 0.25) is 5.91 Å². The molecule has 0 bridgehead atoms. The minimum absolute atomic E-state index is 0.154. The maximum absolute atomic E-state index is 11.6. The van der Waals surface area contributed by atoms with E-state index in [9.17, 15) is 9.59 Å². The number of rotatable bonds is 4. The summed E-state index contributed by atoms with van der Waals surface area (Å²) < 4.78 is 0. The fourth-order valence-corrected chi connectivity index (χ4v) is 1.51. The minimum Gasteiger partial charge on any atom is -0.481 e. The zero-order valence-electron chi connectivity index (χ0n) is 9.06. The molecule has 2 N–H and O–H groups in total. The third kappa shape index (κ3) is 3.08. The van der Waals surface area contributed by atoms with Crippen LogP contribution in [0.3, 0.4) is 0 Å². The minimum atomic E-state index is -0.929. The lowest BCUT2D eigenvalue weighted by Crippen LogP contribution is -2.40. The highest BCUT2D eigenvalue weighted by atomic mass is 16.4. The molecule has 0 aromatic carbocycles. The molecule has 0 fully saturated rings. The maximum atomic E-state index is 11.6. The van der Waals surface area contributed by atoms with E-state index in [0.29, 0.717) is 0 Å². The summed E-state index contributed by atoms with van der Waals surface area (Å²) in [4.78, 5) is 22.3. The number of carbonyl (C=O) groups is 2. The summed E-state index contributed by atoms with van der Waals surface area (Å²) in [6, 6.07) is 0.154. The molecular formula is C11H17NO3. The van der Waals surface area contributed by atoms with E-state index >= 15 is 0 Å². The molecule has 0 aliphatic heterocycles. The second-order valence-electron chi connectivity index (χ2n) is 4.06. The van der Waals surface area contributed by atoms with Crippen LogP contribution in [0.2, 0.25) is 0 Å². The smallest absolute Gasteiger partial charge is 0.307 e. The van der Waals surface area contributed by atoms with Gasteiger partial charge in [0.1, 0.15) is 0 Å². The zero-order valence-corrected chi connectivity index (χ0v) is 9.06. The van der Waals surface area contributed by atoms with Crippen LogP contribution in [0, 0.1) is 11.8 Å². The number of nitrogens with one attached hydrogen (secondary N) is 1. The fourth-order valence-electron chi connectivity index (χ4n) is 1.51. The van der Waals surface area contributed by atoms with E-state index in [1.807, 2.05) is 12.2 Å². The van der Waals surface area contributed by atoms with E-state index in [4.69, 9.17) is 5.11 Å². The van der Waals surface area contributed by atoms with Gasteiger partial charge in [-0.25, -0.2) is 0 Å². The van der Waals surface area contributed by atoms with Crippen LogP contribution < -0.4 is 5.32 Å². The molecule has 1 amide bonds. The Kier molecular flexibility index (Phi) is 3.88. The predicted molar refractivity (Wildman–Crippen MR) is 56.3 cm³/mol.